The number of halogens is 1. The first-order valence-electron chi connectivity index (χ1n) is 11.2. The minimum absolute atomic E-state index is 0.0249. The van der Waals surface area contributed by atoms with Crippen LogP contribution in [0.15, 0.2) is 71.6 Å². The lowest BCUT2D eigenvalue weighted by atomic mass is 10.1. The molecule has 1 heterocycles. The summed E-state index contributed by atoms with van der Waals surface area (Å²) in [6.45, 7) is 4.71. The molecule has 35 heavy (non-hydrogen) atoms. The molecule has 0 radical (unpaired) electrons. The van der Waals surface area contributed by atoms with E-state index < -0.39 is 16.0 Å². The number of carboxylic acids is 1. The van der Waals surface area contributed by atoms with E-state index in [1.807, 2.05) is 11.8 Å². The highest BCUT2D eigenvalue weighted by Gasteiger charge is 2.23. The highest BCUT2D eigenvalue weighted by molar-refractivity contribution is 7.92. The number of rotatable bonds is 8. The van der Waals surface area contributed by atoms with E-state index in [2.05, 4.69) is 9.62 Å². The second-order valence-electron chi connectivity index (χ2n) is 8.00. The first-order chi connectivity index (χ1) is 16.8. The van der Waals surface area contributed by atoms with Crippen molar-refractivity contribution in [1.82, 2.24) is 0 Å². The number of piperazine rings is 1. The van der Waals surface area contributed by atoms with E-state index in [0.717, 1.165) is 5.69 Å². The van der Waals surface area contributed by atoms with Gasteiger partial charge in [0, 0.05) is 31.9 Å². The Bertz CT molecular complexity index is 1290. The summed E-state index contributed by atoms with van der Waals surface area (Å²) >= 11 is 0. The van der Waals surface area contributed by atoms with Gasteiger partial charge in [0.05, 0.1) is 28.4 Å². The molecule has 2 N–H and O–H groups in total. The van der Waals surface area contributed by atoms with Crippen LogP contribution in [0.3, 0.4) is 0 Å². The van der Waals surface area contributed by atoms with Gasteiger partial charge in [0.1, 0.15) is 11.6 Å². The van der Waals surface area contributed by atoms with Crippen molar-refractivity contribution >= 4 is 33.1 Å². The maximum Gasteiger partial charge on any atom is 0.335 e. The summed E-state index contributed by atoms with van der Waals surface area (Å²) in [5.41, 5.74) is 1.66. The van der Waals surface area contributed by atoms with E-state index >= 15 is 0 Å². The van der Waals surface area contributed by atoms with Gasteiger partial charge in [0.15, 0.2) is 0 Å². The molecule has 1 aliphatic rings. The molecule has 4 rings (SSSR count). The molecule has 0 bridgehead atoms. The molecule has 10 heteroatoms. The van der Waals surface area contributed by atoms with Gasteiger partial charge in [0.2, 0.25) is 0 Å². The molecule has 0 atom stereocenters. The number of sulfonamides is 1. The molecule has 0 aliphatic carbocycles. The minimum Gasteiger partial charge on any atom is -0.494 e. The van der Waals surface area contributed by atoms with Crippen LogP contribution in [-0.4, -0.2) is 52.3 Å². The first kappa shape index (κ1) is 24.3. The van der Waals surface area contributed by atoms with Crippen LogP contribution in [0.2, 0.25) is 0 Å². The Kier molecular flexibility index (Phi) is 7.11. The summed E-state index contributed by atoms with van der Waals surface area (Å²) in [4.78, 5) is 15.7. The molecule has 0 aromatic heterocycles. The van der Waals surface area contributed by atoms with Crippen molar-refractivity contribution in [2.24, 2.45) is 0 Å². The van der Waals surface area contributed by atoms with Crippen LogP contribution in [0.4, 0.5) is 21.5 Å². The number of hydrogen-bond donors (Lipinski definition) is 2. The number of anilines is 3. The third kappa shape index (κ3) is 5.65. The Morgan fingerprint density at radius 3 is 2.20 bits per heavy atom. The van der Waals surface area contributed by atoms with E-state index in [-0.39, 0.29) is 22.0 Å². The third-order valence-corrected chi connectivity index (χ3v) is 7.13. The standard InChI is InChI=1S/C25H26FN3O5S/c1-2-34-21-8-10-22(11-9-21)35(32,33)27-23-17-18(25(30)31)3-12-24(23)29-15-13-28(14-16-29)20-6-4-19(26)5-7-20/h3-12,17,27H,2,13-16H2,1H3,(H,30,31). The number of nitrogens with zero attached hydrogens (tertiary/aromatic N) is 2. The van der Waals surface area contributed by atoms with Crippen molar-refractivity contribution in [2.75, 3.05) is 47.3 Å². The summed E-state index contributed by atoms with van der Waals surface area (Å²) < 4.78 is 47.4. The van der Waals surface area contributed by atoms with Gasteiger partial charge in [-0.25, -0.2) is 17.6 Å². The second-order valence-corrected chi connectivity index (χ2v) is 9.68. The lowest BCUT2D eigenvalue weighted by Crippen LogP contribution is -2.46. The van der Waals surface area contributed by atoms with Gasteiger partial charge in [0.25, 0.3) is 10.0 Å². The molecule has 0 unspecified atom stereocenters. The van der Waals surface area contributed by atoms with Crippen LogP contribution in [0.5, 0.6) is 5.75 Å². The fourth-order valence-electron chi connectivity index (χ4n) is 3.97. The van der Waals surface area contributed by atoms with Gasteiger partial charge in [-0.1, -0.05) is 0 Å². The van der Waals surface area contributed by atoms with E-state index in [1.165, 1.54) is 36.4 Å². The molecule has 1 saturated heterocycles. The number of nitrogens with one attached hydrogen (secondary N) is 1. The van der Waals surface area contributed by atoms with E-state index in [0.29, 0.717) is 44.2 Å². The Morgan fingerprint density at radius 2 is 1.60 bits per heavy atom. The van der Waals surface area contributed by atoms with Gasteiger partial charge < -0.3 is 19.6 Å². The maximum atomic E-state index is 13.3. The SMILES string of the molecule is CCOc1ccc(S(=O)(=O)Nc2cc(C(=O)O)ccc2N2CCN(c3ccc(F)cc3)CC2)cc1. The van der Waals surface area contributed by atoms with Gasteiger partial charge in [-0.15, -0.1) is 0 Å². The summed E-state index contributed by atoms with van der Waals surface area (Å²) in [5.74, 6) is -0.895. The Morgan fingerprint density at radius 1 is 0.971 bits per heavy atom. The number of benzene rings is 3. The topological polar surface area (TPSA) is 99.2 Å². The van der Waals surface area contributed by atoms with E-state index in [4.69, 9.17) is 4.74 Å². The summed E-state index contributed by atoms with van der Waals surface area (Å²) in [6.07, 6.45) is 0. The van der Waals surface area contributed by atoms with Crippen molar-refractivity contribution in [3.63, 3.8) is 0 Å². The predicted molar refractivity (Wildman–Crippen MR) is 133 cm³/mol. The van der Waals surface area contributed by atoms with Crippen LogP contribution in [0, 0.1) is 5.82 Å². The number of carboxylic acid groups (broad SMARTS) is 1. The molecule has 8 nitrogen and oxygen atoms in total. The maximum absolute atomic E-state index is 13.3. The van der Waals surface area contributed by atoms with E-state index in [9.17, 15) is 22.7 Å². The van der Waals surface area contributed by atoms with Crippen molar-refractivity contribution in [3.8, 4) is 5.75 Å². The first-order valence-corrected chi connectivity index (χ1v) is 12.6. The average Bonchev–Trinajstić information content (AvgIpc) is 2.85. The molecule has 1 aliphatic heterocycles. The van der Waals surface area contributed by atoms with Crippen LogP contribution >= 0.6 is 0 Å². The Balaban J connectivity index is 1.57. The second kappa shape index (κ2) is 10.2. The van der Waals surface area contributed by atoms with Crippen molar-refractivity contribution in [1.29, 1.82) is 0 Å². The summed E-state index contributed by atoms with van der Waals surface area (Å²) in [6, 6.07) is 16.7. The normalized spacial score (nSPS) is 14.0. The quantitative estimate of drug-likeness (QED) is 0.482. The Hall–Kier alpha value is -3.79. The van der Waals surface area contributed by atoms with Crippen molar-refractivity contribution in [3.05, 3.63) is 78.1 Å². The Labute approximate surface area is 203 Å². The number of aromatic carboxylic acids is 1. The highest BCUT2D eigenvalue weighted by atomic mass is 32.2. The van der Waals surface area contributed by atoms with Crippen LogP contribution in [-0.2, 0) is 10.0 Å². The number of carbonyl (C=O) groups is 1. The molecule has 1 fully saturated rings. The number of hydrogen-bond acceptors (Lipinski definition) is 6. The lowest BCUT2D eigenvalue weighted by Gasteiger charge is -2.38. The lowest BCUT2D eigenvalue weighted by molar-refractivity contribution is 0.0697. The van der Waals surface area contributed by atoms with Crippen LogP contribution < -0.4 is 19.3 Å². The summed E-state index contributed by atoms with van der Waals surface area (Å²) in [5, 5.41) is 9.45. The molecular weight excluding hydrogens is 473 g/mol. The van der Waals surface area contributed by atoms with E-state index in [1.54, 1.807) is 30.3 Å². The molecular formula is C25H26FN3O5S. The third-order valence-electron chi connectivity index (χ3n) is 5.74. The molecule has 0 saturated carbocycles. The van der Waals surface area contributed by atoms with Gasteiger partial charge in [-0.05, 0) is 73.7 Å². The zero-order valence-corrected chi connectivity index (χ0v) is 20.0. The minimum atomic E-state index is -3.98. The number of ether oxygens (including phenoxy) is 1. The van der Waals surface area contributed by atoms with Crippen molar-refractivity contribution < 1.29 is 27.4 Å². The summed E-state index contributed by atoms with van der Waals surface area (Å²) in [7, 11) is -3.98. The van der Waals surface area contributed by atoms with Gasteiger partial charge in [-0.3, -0.25) is 4.72 Å². The smallest absolute Gasteiger partial charge is 0.335 e. The molecule has 0 spiro atoms. The van der Waals surface area contributed by atoms with Crippen LogP contribution in [0.1, 0.15) is 17.3 Å². The molecule has 184 valence electrons. The molecule has 3 aromatic carbocycles. The zero-order chi connectivity index (χ0) is 25.0. The predicted octanol–water partition coefficient (Wildman–Crippen LogP) is 4.05. The fraction of sp³-hybridized carbons (Fsp3) is 0.240. The highest BCUT2D eigenvalue weighted by Crippen LogP contribution is 2.31. The van der Waals surface area contributed by atoms with Gasteiger partial charge >= 0.3 is 5.97 Å². The fourth-order valence-corrected chi connectivity index (χ4v) is 5.03. The van der Waals surface area contributed by atoms with Gasteiger partial charge in [-0.2, -0.15) is 0 Å². The van der Waals surface area contributed by atoms with Crippen LogP contribution in [0.25, 0.3) is 0 Å². The monoisotopic (exact) mass is 499 g/mol. The average molecular weight is 500 g/mol. The molecule has 3 aromatic rings. The van der Waals surface area contributed by atoms with Crippen molar-refractivity contribution in [2.45, 2.75) is 11.8 Å². The largest absolute Gasteiger partial charge is 0.494 e. The molecule has 0 amide bonds. The zero-order valence-electron chi connectivity index (χ0n) is 19.1.